The summed E-state index contributed by atoms with van der Waals surface area (Å²) in [5, 5.41) is 6.12. The van der Waals surface area contributed by atoms with Crippen LogP contribution in [0.4, 0.5) is 5.69 Å². The minimum atomic E-state index is -0.411. The monoisotopic (exact) mass is 358 g/mol. The molecule has 0 spiro atoms. The molecule has 0 saturated carbocycles. The highest BCUT2D eigenvalue weighted by atomic mass is 16.5. The van der Waals surface area contributed by atoms with Crippen molar-refractivity contribution in [1.82, 2.24) is 5.32 Å². The lowest BCUT2D eigenvalue weighted by Gasteiger charge is -2.18. The molecule has 2 N–H and O–H groups in total. The van der Waals surface area contributed by atoms with Crippen LogP contribution in [0.1, 0.15) is 18.1 Å². The maximum atomic E-state index is 12.4. The molecule has 0 fully saturated rings. The summed E-state index contributed by atoms with van der Waals surface area (Å²) < 4.78 is 15.8. The van der Waals surface area contributed by atoms with Crippen LogP contribution in [0.3, 0.4) is 0 Å². The maximum absolute atomic E-state index is 12.4. The van der Waals surface area contributed by atoms with E-state index in [1.54, 1.807) is 21.3 Å². The lowest BCUT2D eigenvalue weighted by Crippen LogP contribution is -2.37. The summed E-state index contributed by atoms with van der Waals surface area (Å²) in [6, 6.07) is 10.9. The normalized spacial score (nSPS) is 11.4. The van der Waals surface area contributed by atoms with E-state index in [4.69, 9.17) is 14.2 Å². The van der Waals surface area contributed by atoms with E-state index in [9.17, 15) is 4.79 Å². The first-order valence-corrected chi connectivity index (χ1v) is 8.38. The fourth-order valence-electron chi connectivity index (χ4n) is 2.57. The van der Waals surface area contributed by atoms with E-state index in [0.29, 0.717) is 23.8 Å². The first kappa shape index (κ1) is 19.4. The van der Waals surface area contributed by atoms with E-state index in [1.165, 1.54) is 0 Å². The molecule has 1 unspecified atom stereocenters. The molecule has 26 heavy (non-hydrogen) atoms. The number of carbonyl (C=O) groups excluding carboxylic acids is 1. The number of anilines is 1. The van der Waals surface area contributed by atoms with Gasteiger partial charge >= 0.3 is 0 Å². The van der Waals surface area contributed by atoms with Gasteiger partial charge in [0.1, 0.15) is 11.8 Å². The Morgan fingerprint density at radius 1 is 0.962 bits per heavy atom. The molecule has 1 atom stereocenters. The van der Waals surface area contributed by atoms with Crippen molar-refractivity contribution in [3.8, 4) is 17.2 Å². The topological polar surface area (TPSA) is 68.8 Å². The van der Waals surface area contributed by atoms with E-state index < -0.39 is 6.04 Å². The minimum absolute atomic E-state index is 0.108. The van der Waals surface area contributed by atoms with Gasteiger partial charge in [-0.25, -0.2) is 0 Å². The predicted octanol–water partition coefficient (Wildman–Crippen LogP) is 3.14. The third-order valence-electron chi connectivity index (χ3n) is 4.03. The quantitative estimate of drug-likeness (QED) is 0.759. The Kier molecular flexibility index (Phi) is 6.72. The predicted molar refractivity (Wildman–Crippen MR) is 102 cm³/mol. The van der Waals surface area contributed by atoms with Gasteiger partial charge in [0, 0.05) is 6.54 Å². The van der Waals surface area contributed by atoms with E-state index in [2.05, 4.69) is 10.6 Å². The van der Waals surface area contributed by atoms with Crippen LogP contribution in [-0.4, -0.2) is 33.3 Å². The molecular formula is C20H26N2O4. The van der Waals surface area contributed by atoms with Gasteiger partial charge in [-0.05, 0) is 49.2 Å². The highest BCUT2D eigenvalue weighted by Gasteiger charge is 2.15. The van der Waals surface area contributed by atoms with E-state index in [0.717, 1.165) is 16.8 Å². The number of aryl methyl sites for hydroxylation is 1. The van der Waals surface area contributed by atoms with Gasteiger partial charge in [-0.2, -0.15) is 0 Å². The zero-order valence-electron chi connectivity index (χ0n) is 15.9. The van der Waals surface area contributed by atoms with Crippen molar-refractivity contribution in [1.29, 1.82) is 0 Å². The summed E-state index contributed by atoms with van der Waals surface area (Å²) in [7, 11) is 4.78. The van der Waals surface area contributed by atoms with Crippen LogP contribution >= 0.6 is 0 Å². The largest absolute Gasteiger partial charge is 0.495 e. The summed E-state index contributed by atoms with van der Waals surface area (Å²) in [4.78, 5) is 12.4. The molecule has 1 amide bonds. The van der Waals surface area contributed by atoms with Gasteiger partial charge in [0.05, 0.1) is 27.0 Å². The van der Waals surface area contributed by atoms with Crippen LogP contribution in [0, 0.1) is 6.92 Å². The van der Waals surface area contributed by atoms with Crippen LogP contribution in [0.2, 0.25) is 0 Å². The fourth-order valence-corrected chi connectivity index (χ4v) is 2.57. The minimum Gasteiger partial charge on any atom is -0.495 e. The zero-order chi connectivity index (χ0) is 19.1. The molecule has 0 aliphatic heterocycles. The van der Waals surface area contributed by atoms with E-state index >= 15 is 0 Å². The van der Waals surface area contributed by atoms with Gasteiger partial charge in [0.25, 0.3) is 0 Å². The van der Waals surface area contributed by atoms with Gasteiger partial charge in [0.2, 0.25) is 5.91 Å². The molecule has 0 bridgehead atoms. The number of benzene rings is 2. The Bertz CT molecular complexity index is 761. The van der Waals surface area contributed by atoms with Gasteiger partial charge in [-0.15, -0.1) is 0 Å². The van der Waals surface area contributed by atoms with Crippen LogP contribution in [0.25, 0.3) is 0 Å². The van der Waals surface area contributed by atoms with Crippen molar-refractivity contribution < 1.29 is 19.0 Å². The van der Waals surface area contributed by atoms with Crippen molar-refractivity contribution in [3.63, 3.8) is 0 Å². The molecule has 0 aromatic heterocycles. The smallest absolute Gasteiger partial charge is 0.242 e. The number of hydrogen-bond acceptors (Lipinski definition) is 5. The highest BCUT2D eigenvalue weighted by Crippen LogP contribution is 2.28. The summed E-state index contributed by atoms with van der Waals surface area (Å²) >= 11 is 0. The molecule has 140 valence electrons. The second-order valence-corrected chi connectivity index (χ2v) is 5.98. The Morgan fingerprint density at radius 2 is 1.62 bits per heavy atom. The van der Waals surface area contributed by atoms with Crippen molar-refractivity contribution in [2.75, 3.05) is 26.6 Å². The summed E-state index contributed by atoms with van der Waals surface area (Å²) in [6.45, 7) is 4.20. The van der Waals surface area contributed by atoms with E-state index in [-0.39, 0.29) is 5.91 Å². The van der Waals surface area contributed by atoms with E-state index in [1.807, 2.05) is 50.2 Å². The molecule has 2 aromatic rings. The SMILES string of the molecule is COc1ccc(C)cc1NC(C)C(=O)NCc1ccc(OC)c(OC)c1. The van der Waals surface area contributed by atoms with Gasteiger partial charge in [-0.3, -0.25) is 4.79 Å². The molecule has 6 nitrogen and oxygen atoms in total. The fraction of sp³-hybridized carbons (Fsp3) is 0.350. The standard InChI is InChI=1S/C20H26N2O4/c1-13-6-8-17(24-3)16(10-13)22-14(2)20(23)21-12-15-7-9-18(25-4)19(11-15)26-5/h6-11,14,22H,12H2,1-5H3,(H,21,23). The molecule has 6 heteroatoms. The van der Waals surface area contributed by atoms with Crippen LogP contribution < -0.4 is 24.8 Å². The van der Waals surface area contributed by atoms with Crippen LogP contribution in [0.5, 0.6) is 17.2 Å². The van der Waals surface area contributed by atoms with Crippen molar-refractivity contribution >= 4 is 11.6 Å². The third-order valence-corrected chi connectivity index (χ3v) is 4.03. The molecule has 2 rings (SSSR count). The first-order valence-electron chi connectivity index (χ1n) is 8.38. The molecule has 0 radical (unpaired) electrons. The molecule has 0 aliphatic rings. The average Bonchev–Trinajstić information content (AvgIpc) is 2.65. The number of nitrogens with one attached hydrogen (secondary N) is 2. The van der Waals surface area contributed by atoms with Gasteiger partial charge < -0.3 is 24.8 Å². The second kappa shape index (κ2) is 8.99. The van der Waals surface area contributed by atoms with Crippen LogP contribution in [-0.2, 0) is 11.3 Å². The Morgan fingerprint density at radius 3 is 2.27 bits per heavy atom. The van der Waals surface area contributed by atoms with Gasteiger partial charge in [-0.1, -0.05) is 12.1 Å². The second-order valence-electron chi connectivity index (χ2n) is 5.98. The van der Waals surface area contributed by atoms with Crippen molar-refractivity contribution in [2.24, 2.45) is 0 Å². The average molecular weight is 358 g/mol. The first-order chi connectivity index (χ1) is 12.5. The number of rotatable bonds is 8. The highest BCUT2D eigenvalue weighted by molar-refractivity contribution is 5.84. The van der Waals surface area contributed by atoms with Crippen molar-refractivity contribution in [2.45, 2.75) is 26.4 Å². The number of carbonyl (C=O) groups is 1. The van der Waals surface area contributed by atoms with Gasteiger partial charge in [0.15, 0.2) is 11.5 Å². The lowest BCUT2D eigenvalue weighted by molar-refractivity contribution is -0.121. The summed E-state index contributed by atoms with van der Waals surface area (Å²) in [5.74, 6) is 1.89. The third kappa shape index (κ3) is 4.81. The summed E-state index contributed by atoms with van der Waals surface area (Å²) in [6.07, 6.45) is 0. The van der Waals surface area contributed by atoms with Crippen LogP contribution in [0.15, 0.2) is 36.4 Å². The number of ether oxygens (including phenoxy) is 3. The summed E-state index contributed by atoms with van der Waals surface area (Å²) in [5.41, 5.74) is 2.81. The Hall–Kier alpha value is -2.89. The number of hydrogen-bond donors (Lipinski definition) is 2. The molecule has 0 aliphatic carbocycles. The molecule has 0 saturated heterocycles. The molecular weight excluding hydrogens is 332 g/mol. The molecule has 2 aromatic carbocycles. The number of methoxy groups -OCH3 is 3. The Balaban J connectivity index is 1.98. The lowest BCUT2D eigenvalue weighted by atomic mass is 10.1. The maximum Gasteiger partial charge on any atom is 0.242 e. The van der Waals surface area contributed by atoms with Crippen molar-refractivity contribution in [3.05, 3.63) is 47.5 Å². The Labute approximate surface area is 154 Å². The zero-order valence-corrected chi connectivity index (χ0v) is 15.9. The number of amides is 1. The molecule has 0 heterocycles.